The summed E-state index contributed by atoms with van der Waals surface area (Å²) >= 11 is 6.43. The van der Waals surface area contributed by atoms with E-state index in [9.17, 15) is 9.90 Å². The maximum atomic E-state index is 11.9. The SMILES string of the molecule is Cc1cc(C2(CCl)CCCCN2C(=O)O)c(C(C)C)cc1N(C)C. The van der Waals surface area contributed by atoms with Crippen molar-refractivity contribution in [3.05, 3.63) is 28.8 Å². The number of hydrogen-bond donors (Lipinski definition) is 1. The van der Waals surface area contributed by atoms with E-state index in [1.165, 1.54) is 11.3 Å². The van der Waals surface area contributed by atoms with E-state index >= 15 is 0 Å². The summed E-state index contributed by atoms with van der Waals surface area (Å²) in [7, 11) is 4.07. The van der Waals surface area contributed by atoms with Crippen molar-refractivity contribution in [3.63, 3.8) is 0 Å². The molecule has 2 rings (SSSR count). The van der Waals surface area contributed by atoms with Gasteiger partial charge in [-0.05, 0) is 54.9 Å². The molecule has 1 atom stereocenters. The van der Waals surface area contributed by atoms with Gasteiger partial charge in [-0.25, -0.2) is 4.79 Å². The second-order valence-electron chi connectivity index (χ2n) is 7.33. The number of carboxylic acid groups (broad SMARTS) is 1. The van der Waals surface area contributed by atoms with Crippen molar-refractivity contribution in [3.8, 4) is 0 Å². The van der Waals surface area contributed by atoms with Crippen LogP contribution in [0.1, 0.15) is 55.7 Å². The zero-order valence-electron chi connectivity index (χ0n) is 15.4. The van der Waals surface area contributed by atoms with Crippen LogP contribution in [-0.2, 0) is 5.54 Å². The highest BCUT2D eigenvalue weighted by atomic mass is 35.5. The summed E-state index contributed by atoms with van der Waals surface area (Å²) in [6.07, 6.45) is 1.81. The average molecular weight is 353 g/mol. The summed E-state index contributed by atoms with van der Waals surface area (Å²) in [5, 5.41) is 9.77. The van der Waals surface area contributed by atoms with E-state index in [1.54, 1.807) is 4.90 Å². The molecule has 0 radical (unpaired) electrons. The molecule has 1 aliphatic heterocycles. The number of halogens is 1. The molecule has 24 heavy (non-hydrogen) atoms. The highest BCUT2D eigenvalue weighted by Crippen LogP contribution is 2.44. The topological polar surface area (TPSA) is 43.8 Å². The molecule has 0 aromatic heterocycles. The molecule has 5 heteroatoms. The van der Waals surface area contributed by atoms with Gasteiger partial charge in [0.15, 0.2) is 0 Å². The van der Waals surface area contributed by atoms with Gasteiger partial charge < -0.3 is 10.0 Å². The van der Waals surface area contributed by atoms with Gasteiger partial charge in [0.05, 0.1) is 11.4 Å². The van der Waals surface area contributed by atoms with E-state index in [1.807, 2.05) is 14.1 Å². The van der Waals surface area contributed by atoms with Gasteiger partial charge in [-0.2, -0.15) is 0 Å². The van der Waals surface area contributed by atoms with Crippen LogP contribution >= 0.6 is 11.6 Å². The van der Waals surface area contributed by atoms with Gasteiger partial charge in [-0.3, -0.25) is 4.90 Å². The van der Waals surface area contributed by atoms with Crippen LogP contribution in [0.25, 0.3) is 0 Å². The number of likely N-dealkylation sites (tertiary alicyclic amines) is 1. The molecular formula is C19H29ClN2O2. The van der Waals surface area contributed by atoms with Crippen molar-refractivity contribution in [2.24, 2.45) is 0 Å². The van der Waals surface area contributed by atoms with Crippen LogP contribution in [0.5, 0.6) is 0 Å². The van der Waals surface area contributed by atoms with Crippen molar-refractivity contribution in [2.45, 2.75) is 51.5 Å². The maximum Gasteiger partial charge on any atom is 0.408 e. The summed E-state index contributed by atoms with van der Waals surface area (Å²) in [5.74, 6) is 0.594. The van der Waals surface area contributed by atoms with Gasteiger partial charge in [0.2, 0.25) is 0 Å². The quantitative estimate of drug-likeness (QED) is 0.793. The first kappa shape index (κ1) is 18.9. The Kier molecular flexibility index (Phi) is 5.69. The van der Waals surface area contributed by atoms with Crippen LogP contribution in [-0.4, -0.2) is 42.6 Å². The molecule has 0 aliphatic carbocycles. The molecule has 0 spiro atoms. The first-order valence-corrected chi connectivity index (χ1v) is 9.17. The first-order valence-electron chi connectivity index (χ1n) is 8.63. The molecule has 1 heterocycles. The summed E-state index contributed by atoms with van der Waals surface area (Å²) < 4.78 is 0. The molecule has 1 aromatic rings. The van der Waals surface area contributed by atoms with Crippen molar-refractivity contribution >= 4 is 23.4 Å². The smallest absolute Gasteiger partial charge is 0.408 e. The minimum atomic E-state index is -0.876. The van der Waals surface area contributed by atoms with Crippen LogP contribution in [0.2, 0.25) is 0 Å². The van der Waals surface area contributed by atoms with Crippen LogP contribution in [0.4, 0.5) is 10.5 Å². The largest absolute Gasteiger partial charge is 0.465 e. The molecule has 134 valence electrons. The van der Waals surface area contributed by atoms with E-state index in [2.05, 4.69) is 37.8 Å². The van der Waals surface area contributed by atoms with Crippen molar-refractivity contribution in [1.29, 1.82) is 0 Å². The highest BCUT2D eigenvalue weighted by Gasteiger charge is 2.44. The molecule has 1 N–H and O–H groups in total. The van der Waals surface area contributed by atoms with Crippen LogP contribution in [0.3, 0.4) is 0 Å². The number of aryl methyl sites for hydroxylation is 1. The summed E-state index contributed by atoms with van der Waals surface area (Å²) in [4.78, 5) is 15.6. The number of nitrogens with zero attached hydrogens (tertiary/aromatic N) is 2. The minimum Gasteiger partial charge on any atom is -0.465 e. The number of alkyl halides is 1. The van der Waals surface area contributed by atoms with E-state index < -0.39 is 11.6 Å². The molecule has 1 amide bonds. The van der Waals surface area contributed by atoms with Crippen LogP contribution in [0.15, 0.2) is 12.1 Å². The fraction of sp³-hybridized carbons (Fsp3) is 0.632. The second kappa shape index (κ2) is 7.22. The summed E-state index contributed by atoms with van der Waals surface area (Å²) in [6.45, 7) is 6.94. The normalized spacial score (nSPS) is 21.2. The molecule has 1 aromatic carbocycles. The maximum absolute atomic E-state index is 11.9. The molecule has 4 nitrogen and oxygen atoms in total. The van der Waals surface area contributed by atoms with Gasteiger partial charge in [0, 0.05) is 26.3 Å². The predicted octanol–water partition coefficient (Wildman–Crippen LogP) is 4.78. The lowest BCUT2D eigenvalue weighted by molar-refractivity contribution is 0.0572. The molecular weight excluding hydrogens is 324 g/mol. The molecule has 1 unspecified atom stereocenters. The zero-order valence-corrected chi connectivity index (χ0v) is 16.2. The zero-order chi connectivity index (χ0) is 18.1. The fourth-order valence-electron chi connectivity index (χ4n) is 3.88. The second-order valence-corrected chi connectivity index (χ2v) is 7.60. The summed E-state index contributed by atoms with van der Waals surface area (Å²) in [6, 6.07) is 4.37. The summed E-state index contributed by atoms with van der Waals surface area (Å²) in [5.41, 5.74) is 3.97. The Bertz CT molecular complexity index is 616. The lowest BCUT2D eigenvalue weighted by atomic mass is 9.77. The van der Waals surface area contributed by atoms with Crippen molar-refractivity contribution in [1.82, 2.24) is 4.90 Å². The Hall–Kier alpha value is -1.42. The lowest BCUT2D eigenvalue weighted by Crippen LogP contribution is -2.53. The number of carbonyl (C=O) groups is 1. The molecule has 1 saturated heterocycles. The Morgan fingerprint density at radius 3 is 2.54 bits per heavy atom. The van der Waals surface area contributed by atoms with E-state index in [4.69, 9.17) is 11.6 Å². The monoisotopic (exact) mass is 352 g/mol. The van der Waals surface area contributed by atoms with Crippen molar-refractivity contribution in [2.75, 3.05) is 31.4 Å². The molecule has 1 aliphatic rings. The Morgan fingerprint density at radius 2 is 2.04 bits per heavy atom. The number of piperidine rings is 1. The first-order chi connectivity index (χ1) is 11.2. The standard InChI is InChI=1S/C19H29ClN2O2/c1-13(2)15-11-17(21(4)5)14(3)10-16(15)19(12-20)8-6-7-9-22(19)18(23)24/h10-11,13H,6-9,12H2,1-5H3,(H,23,24). The molecule has 1 fully saturated rings. The third-order valence-corrected chi connectivity index (χ3v) is 5.61. The van der Waals surface area contributed by atoms with Crippen LogP contribution in [0, 0.1) is 6.92 Å². The van der Waals surface area contributed by atoms with Crippen molar-refractivity contribution < 1.29 is 9.90 Å². The third-order valence-electron chi connectivity index (χ3n) is 5.16. The van der Waals surface area contributed by atoms with Gasteiger partial charge >= 0.3 is 6.09 Å². The number of anilines is 1. The Morgan fingerprint density at radius 1 is 1.38 bits per heavy atom. The molecule has 0 saturated carbocycles. The number of rotatable bonds is 4. The van der Waals surface area contributed by atoms with Gasteiger partial charge in [-0.15, -0.1) is 11.6 Å². The van der Waals surface area contributed by atoms with E-state index in [-0.39, 0.29) is 0 Å². The van der Waals surface area contributed by atoms with Gasteiger partial charge in [0.1, 0.15) is 0 Å². The average Bonchev–Trinajstić information content (AvgIpc) is 2.53. The van der Waals surface area contributed by atoms with Gasteiger partial charge in [-0.1, -0.05) is 19.9 Å². The predicted molar refractivity (Wildman–Crippen MR) is 101 cm³/mol. The van der Waals surface area contributed by atoms with E-state index in [0.29, 0.717) is 18.3 Å². The Labute approximate surface area is 150 Å². The highest BCUT2D eigenvalue weighted by molar-refractivity contribution is 6.18. The number of hydrogen-bond acceptors (Lipinski definition) is 2. The van der Waals surface area contributed by atoms with Gasteiger partial charge in [0.25, 0.3) is 0 Å². The minimum absolute atomic E-state index is 0.291. The number of benzene rings is 1. The fourth-order valence-corrected chi connectivity index (χ4v) is 4.30. The van der Waals surface area contributed by atoms with Crippen LogP contribution < -0.4 is 4.90 Å². The third kappa shape index (κ3) is 3.21. The lowest BCUT2D eigenvalue weighted by Gasteiger charge is -2.46. The Balaban J connectivity index is 2.70. The van der Waals surface area contributed by atoms with E-state index in [0.717, 1.165) is 30.4 Å². The number of amides is 1. The molecule has 0 bridgehead atoms.